The van der Waals surface area contributed by atoms with Gasteiger partial charge in [-0.1, -0.05) is 0 Å². The third-order valence-corrected chi connectivity index (χ3v) is 5.84. The van der Waals surface area contributed by atoms with Gasteiger partial charge in [0, 0.05) is 32.9 Å². The van der Waals surface area contributed by atoms with Crippen LogP contribution in [0.2, 0.25) is 0 Å². The van der Waals surface area contributed by atoms with E-state index in [0.29, 0.717) is 23.4 Å². The molecule has 31 heavy (non-hydrogen) atoms. The van der Waals surface area contributed by atoms with Gasteiger partial charge in [0.2, 0.25) is 0 Å². The fraction of sp³-hybridized carbons (Fsp3) is 0.455. The highest BCUT2D eigenvalue weighted by Crippen LogP contribution is 2.24. The van der Waals surface area contributed by atoms with Gasteiger partial charge in [-0.3, -0.25) is 4.79 Å². The number of aromatic nitrogens is 4. The van der Waals surface area contributed by atoms with Crippen LogP contribution in [0.1, 0.15) is 26.0 Å². The Bertz CT molecular complexity index is 1180. The van der Waals surface area contributed by atoms with Crippen LogP contribution in [0.5, 0.6) is 0 Å². The first-order valence-electron chi connectivity index (χ1n) is 10.5. The van der Waals surface area contributed by atoms with Gasteiger partial charge in [0.25, 0.3) is 5.56 Å². The predicted molar refractivity (Wildman–Crippen MR) is 118 cm³/mol. The Hall–Kier alpha value is -3.36. The Morgan fingerprint density at radius 1 is 1.26 bits per heavy atom. The Morgan fingerprint density at radius 3 is 2.77 bits per heavy atom. The lowest BCUT2D eigenvalue weighted by molar-refractivity contribution is 0.0748. The van der Waals surface area contributed by atoms with Crippen LogP contribution in [-0.2, 0) is 11.8 Å². The van der Waals surface area contributed by atoms with E-state index in [-0.39, 0.29) is 23.8 Å². The number of hydrogen-bond donors (Lipinski definition) is 0. The fourth-order valence-corrected chi connectivity index (χ4v) is 3.84. The maximum Gasteiger partial charge on any atom is 0.410 e. The van der Waals surface area contributed by atoms with Crippen molar-refractivity contribution in [1.29, 1.82) is 0 Å². The Labute approximate surface area is 180 Å². The Balaban J connectivity index is 1.61. The Kier molecular flexibility index (Phi) is 5.43. The molecule has 0 unspecified atom stereocenters. The van der Waals surface area contributed by atoms with Gasteiger partial charge in [-0.25, -0.2) is 14.3 Å². The van der Waals surface area contributed by atoms with Crippen molar-refractivity contribution < 1.29 is 9.53 Å². The van der Waals surface area contributed by atoms with Crippen LogP contribution in [0.25, 0.3) is 16.9 Å². The number of anilines is 1. The lowest BCUT2D eigenvalue weighted by Gasteiger charge is -2.25. The van der Waals surface area contributed by atoms with Crippen molar-refractivity contribution in [3.8, 4) is 11.3 Å². The second-order valence-corrected chi connectivity index (χ2v) is 8.29. The highest BCUT2D eigenvalue weighted by Gasteiger charge is 2.30. The maximum absolute atomic E-state index is 12.8. The summed E-state index contributed by atoms with van der Waals surface area (Å²) in [6, 6.07) is 7.60. The normalized spacial score (nSPS) is 16.3. The van der Waals surface area contributed by atoms with Crippen molar-refractivity contribution in [2.45, 2.75) is 39.3 Å². The third-order valence-electron chi connectivity index (χ3n) is 5.84. The van der Waals surface area contributed by atoms with E-state index in [4.69, 9.17) is 9.84 Å². The van der Waals surface area contributed by atoms with Crippen LogP contribution in [0.4, 0.5) is 10.6 Å². The zero-order valence-corrected chi connectivity index (χ0v) is 18.6. The number of likely N-dealkylation sites (N-methyl/N-ethyl adjacent to an activating group) is 1. The second kappa shape index (κ2) is 8.05. The molecule has 3 aromatic heterocycles. The molecular weight excluding hydrogens is 396 g/mol. The SMILES string of the molecule is Cc1ccc(-c2cnc3ccc(N4CC[C@H](N(C)C(=O)OC(C)C)C4)nn23)c(=O)n1C. The standard InChI is InChI=1S/C22H28N6O3/c1-14(2)31-22(30)26(5)16-10-11-27(13-16)20-9-8-19-23-12-18(28(19)24-20)17-7-6-15(3)25(4)21(17)29/h6-9,12,14,16H,10-11,13H2,1-5H3/t16-/m0/s1. The lowest BCUT2D eigenvalue weighted by atomic mass is 10.2. The number of rotatable bonds is 4. The summed E-state index contributed by atoms with van der Waals surface area (Å²) in [4.78, 5) is 33.2. The van der Waals surface area contributed by atoms with Crippen molar-refractivity contribution in [1.82, 2.24) is 24.1 Å². The summed E-state index contributed by atoms with van der Waals surface area (Å²) in [5.74, 6) is 0.781. The van der Waals surface area contributed by atoms with Crippen LogP contribution < -0.4 is 10.5 Å². The summed E-state index contributed by atoms with van der Waals surface area (Å²) in [5, 5.41) is 4.77. The number of pyridine rings is 1. The second-order valence-electron chi connectivity index (χ2n) is 8.29. The summed E-state index contributed by atoms with van der Waals surface area (Å²) in [6.07, 6.45) is 2.06. The van der Waals surface area contributed by atoms with Crippen LogP contribution in [-0.4, -0.2) is 62.4 Å². The summed E-state index contributed by atoms with van der Waals surface area (Å²) in [6.45, 7) is 7.02. The van der Waals surface area contributed by atoms with Gasteiger partial charge in [-0.15, -0.1) is 5.10 Å². The van der Waals surface area contributed by atoms with Gasteiger partial charge < -0.3 is 19.1 Å². The summed E-state index contributed by atoms with van der Waals surface area (Å²) in [7, 11) is 3.53. The van der Waals surface area contributed by atoms with Crippen molar-refractivity contribution >= 4 is 17.6 Å². The third kappa shape index (κ3) is 3.87. The van der Waals surface area contributed by atoms with E-state index in [2.05, 4.69) is 9.88 Å². The van der Waals surface area contributed by atoms with Gasteiger partial charge in [0.05, 0.1) is 29.6 Å². The average molecular weight is 425 g/mol. The number of amides is 1. The van der Waals surface area contributed by atoms with Gasteiger partial charge in [-0.05, 0) is 51.5 Å². The van der Waals surface area contributed by atoms with Crippen molar-refractivity contribution in [3.05, 3.63) is 46.5 Å². The summed E-state index contributed by atoms with van der Waals surface area (Å²) >= 11 is 0. The monoisotopic (exact) mass is 424 g/mol. The van der Waals surface area contributed by atoms with Crippen molar-refractivity contribution in [2.75, 3.05) is 25.0 Å². The zero-order chi connectivity index (χ0) is 22.3. The number of imidazole rings is 1. The van der Waals surface area contributed by atoms with E-state index < -0.39 is 0 Å². The molecule has 4 rings (SSSR count). The van der Waals surface area contributed by atoms with E-state index in [9.17, 15) is 9.59 Å². The molecule has 0 aliphatic carbocycles. The predicted octanol–water partition coefficient (Wildman–Crippen LogP) is 2.46. The largest absolute Gasteiger partial charge is 0.447 e. The van der Waals surface area contributed by atoms with E-state index in [1.165, 1.54) is 0 Å². The molecule has 164 valence electrons. The van der Waals surface area contributed by atoms with Crippen molar-refractivity contribution in [2.24, 2.45) is 7.05 Å². The topological polar surface area (TPSA) is 85.0 Å². The van der Waals surface area contributed by atoms with Crippen LogP contribution >= 0.6 is 0 Å². The summed E-state index contributed by atoms with van der Waals surface area (Å²) < 4.78 is 8.65. The van der Waals surface area contributed by atoms with Gasteiger partial charge in [-0.2, -0.15) is 0 Å². The number of fused-ring (bicyclic) bond motifs is 1. The average Bonchev–Trinajstić information content (AvgIpc) is 3.38. The molecule has 1 fully saturated rings. The van der Waals surface area contributed by atoms with Crippen LogP contribution in [0, 0.1) is 6.92 Å². The van der Waals surface area contributed by atoms with E-state index >= 15 is 0 Å². The molecule has 0 saturated carbocycles. The molecule has 1 aliphatic heterocycles. The van der Waals surface area contributed by atoms with Gasteiger partial charge in [0.1, 0.15) is 5.82 Å². The molecular formula is C22H28N6O3. The number of hydrogen-bond acceptors (Lipinski definition) is 6. The fourth-order valence-electron chi connectivity index (χ4n) is 3.84. The van der Waals surface area contributed by atoms with Crippen LogP contribution in [0.15, 0.2) is 35.3 Å². The summed E-state index contributed by atoms with van der Waals surface area (Å²) in [5.41, 5.74) is 2.70. The molecule has 1 saturated heterocycles. The molecule has 3 aromatic rings. The highest BCUT2D eigenvalue weighted by molar-refractivity contribution is 5.68. The minimum absolute atomic E-state index is 0.0513. The Morgan fingerprint density at radius 2 is 2.03 bits per heavy atom. The molecule has 1 atom stereocenters. The quantitative estimate of drug-likeness (QED) is 0.640. The number of carbonyl (C=O) groups excluding carboxylic acids is 1. The number of ether oxygens (including phenoxy) is 1. The number of nitrogens with zero attached hydrogens (tertiary/aromatic N) is 6. The molecule has 4 heterocycles. The molecule has 0 bridgehead atoms. The highest BCUT2D eigenvalue weighted by atomic mass is 16.6. The molecule has 0 spiro atoms. The molecule has 1 aliphatic rings. The first-order valence-corrected chi connectivity index (χ1v) is 10.5. The number of carbonyl (C=O) groups is 1. The smallest absolute Gasteiger partial charge is 0.410 e. The molecule has 0 radical (unpaired) electrons. The maximum atomic E-state index is 12.8. The van der Waals surface area contributed by atoms with Gasteiger partial charge >= 0.3 is 6.09 Å². The zero-order valence-electron chi connectivity index (χ0n) is 18.6. The molecule has 1 amide bonds. The van der Waals surface area contributed by atoms with E-state index in [1.807, 2.05) is 45.0 Å². The van der Waals surface area contributed by atoms with Crippen LogP contribution in [0.3, 0.4) is 0 Å². The van der Waals surface area contributed by atoms with E-state index in [0.717, 1.165) is 24.5 Å². The molecule has 9 nitrogen and oxygen atoms in total. The minimum atomic E-state index is -0.308. The first kappa shape index (κ1) is 20.9. The first-order chi connectivity index (χ1) is 14.8. The molecule has 9 heteroatoms. The van der Waals surface area contributed by atoms with Crippen molar-refractivity contribution in [3.63, 3.8) is 0 Å². The van der Waals surface area contributed by atoms with E-state index in [1.54, 1.807) is 34.3 Å². The molecule has 0 aromatic carbocycles. The minimum Gasteiger partial charge on any atom is -0.447 e. The van der Waals surface area contributed by atoms with Gasteiger partial charge in [0.15, 0.2) is 5.65 Å². The number of aryl methyl sites for hydroxylation is 1. The molecule has 0 N–H and O–H groups in total. The lowest BCUT2D eigenvalue weighted by Crippen LogP contribution is -2.40.